The minimum Gasteiger partial charge on any atom is -0.509 e. The van der Waals surface area contributed by atoms with Gasteiger partial charge in [0.2, 0.25) is 0 Å². The Morgan fingerprint density at radius 3 is 2.30 bits per heavy atom. The van der Waals surface area contributed by atoms with Gasteiger partial charge in [0.25, 0.3) is 11.8 Å². The van der Waals surface area contributed by atoms with Crippen LogP contribution < -0.4 is 15.5 Å². The van der Waals surface area contributed by atoms with Gasteiger partial charge in [-0.25, -0.2) is 4.79 Å². The maximum atomic E-state index is 13.0. The molecule has 0 unspecified atom stereocenters. The van der Waals surface area contributed by atoms with E-state index in [1.165, 1.54) is 19.3 Å². The molecule has 2 saturated heterocycles. The molecule has 0 aromatic heterocycles. The predicted molar refractivity (Wildman–Crippen MR) is 139 cm³/mol. The third-order valence-corrected chi connectivity index (χ3v) is 7.42. The van der Waals surface area contributed by atoms with Gasteiger partial charge in [-0.3, -0.25) is 9.59 Å². The molecule has 194 valence electrons. The third kappa shape index (κ3) is 5.26. The van der Waals surface area contributed by atoms with Crippen LogP contribution in [0.5, 0.6) is 0 Å². The van der Waals surface area contributed by atoms with E-state index in [0.717, 1.165) is 24.3 Å². The maximum absolute atomic E-state index is 13.0. The van der Waals surface area contributed by atoms with E-state index in [9.17, 15) is 19.5 Å². The Balaban J connectivity index is 1.19. The van der Waals surface area contributed by atoms with E-state index in [4.69, 9.17) is 4.74 Å². The van der Waals surface area contributed by atoms with Crippen LogP contribution in [-0.4, -0.2) is 59.6 Å². The lowest BCUT2D eigenvalue weighted by molar-refractivity contribution is -0.121. The Labute approximate surface area is 216 Å². The van der Waals surface area contributed by atoms with Crippen LogP contribution in [0.25, 0.3) is 0 Å². The number of carbonyl (C=O) groups is 3. The lowest BCUT2D eigenvalue weighted by atomic mass is 9.86. The van der Waals surface area contributed by atoms with Crippen molar-refractivity contribution in [2.75, 3.05) is 36.4 Å². The first-order valence-electron chi connectivity index (χ1n) is 12.8. The number of benzene rings is 2. The zero-order valence-electron chi connectivity index (χ0n) is 20.7. The van der Waals surface area contributed by atoms with Crippen molar-refractivity contribution in [3.8, 4) is 0 Å². The Morgan fingerprint density at radius 2 is 1.62 bits per heavy atom. The zero-order chi connectivity index (χ0) is 25.8. The van der Waals surface area contributed by atoms with Gasteiger partial charge in [0.05, 0.1) is 0 Å². The molecule has 0 aliphatic carbocycles. The number of ether oxygens (including phenoxy) is 1. The number of piperidine rings is 2. The number of aliphatic hydroxyl groups excluding tert-OH is 1. The lowest BCUT2D eigenvalue weighted by Gasteiger charge is -2.38. The molecule has 0 saturated carbocycles. The summed E-state index contributed by atoms with van der Waals surface area (Å²) in [6, 6.07) is 16.9. The molecular formula is C28H32N4O5. The first kappa shape index (κ1) is 24.7. The molecule has 3 heterocycles. The molecule has 2 aromatic carbocycles. The monoisotopic (exact) mass is 504 g/mol. The van der Waals surface area contributed by atoms with Crippen molar-refractivity contribution >= 4 is 29.3 Å². The van der Waals surface area contributed by atoms with Crippen LogP contribution >= 0.6 is 0 Å². The summed E-state index contributed by atoms with van der Waals surface area (Å²) in [6.07, 6.45) is 3.73. The highest BCUT2D eigenvalue weighted by molar-refractivity contribution is 6.25. The summed E-state index contributed by atoms with van der Waals surface area (Å²) in [5.74, 6) is -1.53. The van der Waals surface area contributed by atoms with Crippen molar-refractivity contribution in [2.45, 2.75) is 44.2 Å². The highest BCUT2D eigenvalue weighted by Gasteiger charge is 2.50. The normalized spacial score (nSPS) is 19.1. The number of likely N-dealkylation sites (tertiary alicyclic amines) is 1. The van der Waals surface area contributed by atoms with Gasteiger partial charge in [0, 0.05) is 37.6 Å². The number of hydrogen-bond donors (Lipinski definition) is 3. The van der Waals surface area contributed by atoms with Gasteiger partial charge in [-0.1, -0.05) is 30.3 Å². The van der Waals surface area contributed by atoms with Crippen LogP contribution in [0, 0.1) is 0 Å². The standard InChI is InChI=1S/C28H32N4O5/c33-24-23(25(34)29-21-9-11-22(12-10-21)31-15-5-2-6-16-31)26(35)30-28(24)13-17-32(18-14-28)27(36)37-19-20-7-3-1-4-8-20/h1,3-4,7-12,33H,2,5-6,13-19H2,(H,29,34)(H,30,35). The summed E-state index contributed by atoms with van der Waals surface area (Å²) in [5, 5.41) is 16.5. The molecular weight excluding hydrogens is 472 g/mol. The van der Waals surface area contributed by atoms with Crippen LogP contribution in [0.2, 0.25) is 0 Å². The molecule has 3 aliphatic heterocycles. The fourth-order valence-electron chi connectivity index (χ4n) is 5.24. The second kappa shape index (κ2) is 10.5. The second-order valence-corrected chi connectivity index (χ2v) is 9.84. The summed E-state index contributed by atoms with van der Waals surface area (Å²) in [4.78, 5) is 42.0. The molecule has 3 N–H and O–H groups in total. The molecule has 9 heteroatoms. The number of nitrogens with zero attached hydrogens (tertiary/aromatic N) is 2. The molecule has 0 atom stereocenters. The van der Waals surface area contributed by atoms with Crippen LogP contribution in [-0.2, 0) is 20.9 Å². The lowest BCUT2D eigenvalue weighted by Crippen LogP contribution is -2.54. The molecule has 9 nitrogen and oxygen atoms in total. The molecule has 1 spiro atoms. The fraction of sp³-hybridized carbons (Fsp3) is 0.393. The van der Waals surface area contributed by atoms with Crippen molar-refractivity contribution in [2.24, 2.45) is 0 Å². The second-order valence-electron chi connectivity index (χ2n) is 9.84. The van der Waals surface area contributed by atoms with Crippen LogP contribution in [0.1, 0.15) is 37.7 Å². The van der Waals surface area contributed by atoms with Crippen LogP contribution in [0.3, 0.4) is 0 Å². The Hall–Kier alpha value is -4.01. The van der Waals surface area contributed by atoms with Gasteiger partial charge in [-0.2, -0.15) is 0 Å². The summed E-state index contributed by atoms with van der Waals surface area (Å²) < 4.78 is 5.40. The maximum Gasteiger partial charge on any atom is 0.410 e. The van der Waals surface area contributed by atoms with Crippen LogP contribution in [0.4, 0.5) is 16.2 Å². The first-order valence-corrected chi connectivity index (χ1v) is 12.8. The van der Waals surface area contributed by atoms with Crippen molar-refractivity contribution in [1.29, 1.82) is 0 Å². The number of aliphatic hydroxyl groups is 1. The third-order valence-electron chi connectivity index (χ3n) is 7.42. The average molecular weight is 505 g/mol. The van der Waals surface area contributed by atoms with Crippen molar-refractivity contribution in [3.63, 3.8) is 0 Å². The van der Waals surface area contributed by atoms with E-state index >= 15 is 0 Å². The highest BCUT2D eigenvalue weighted by atomic mass is 16.6. The SMILES string of the molecule is O=C(Nc1ccc(N2CCCCC2)cc1)C1=C(O)C2(CCN(C(=O)OCc3ccccc3)CC2)NC1=O. The number of rotatable bonds is 5. The van der Waals surface area contributed by atoms with Gasteiger partial charge in [0.15, 0.2) is 0 Å². The number of hydrogen-bond acceptors (Lipinski definition) is 6. The summed E-state index contributed by atoms with van der Waals surface area (Å²) in [5.41, 5.74) is 1.21. The summed E-state index contributed by atoms with van der Waals surface area (Å²) >= 11 is 0. The van der Waals surface area contributed by atoms with Crippen molar-refractivity contribution in [1.82, 2.24) is 10.2 Å². The Kier molecular flexibility index (Phi) is 7.03. The van der Waals surface area contributed by atoms with Gasteiger partial charge < -0.3 is 30.3 Å². The smallest absolute Gasteiger partial charge is 0.410 e. The largest absolute Gasteiger partial charge is 0.509 e. The number of amides is 3. The predicted octanol–water partition coefficient (Wildman–Crippen LogP) is 3.73. The molecule has 0 radical (unpaired) electrons. The molecule has 0 bridgehead atoms. The summed E-state index contributed by atoms with van der Waals surface area (Å²) in [6.45, 7) is 2.79. The minimum absolute atomic E-state index is 0.173. The average Bonchev–Trinajstić information content (AvgIpc) is 3.17. The van der Waals surface area contributed by atoms with E-state index in [0.29, 0.717) is 5.69 Å². The number of nitrogens with one attached hydrogen (secondary N) is 2. The fourth-order valence-corrected chi connectivity index (χ4v) is 5.24. The molecule has 3 amide bonds. The Morgan fingerprint density at radius 1 is 0.946 bits per heavy atom. The highest BCUT2D eigenvalue weighted by Crippen LogP contribution is 2.35. The zero-order valence-corrected chi connectivity index (χ0v) is 20.7. The van der Waals surface area contributed by atoms with Crippen molar-refractivity contribution in [3.05, 3.63) is 71.5 Å². The van der Waals surface area contributed by atoms with E-state index in [-0.39, 0.29) is 43.9 Å². The first-order chi connectivity index (χ1) is 17.9. The number of carbonyl (C=O) groups excluding carboxylic acids is 3. The van der Waals surface area contributed by atoms with Gasteiger partial charge >= 0.3 is 6.09 Å². The summed E-state index contributed by atoms with van der Waals surface area (Å²) in [7, 11) is 0. The van der Waals surface area contributed by atoms with E-state index in [2.05, 4.69) is 15.5 Å². The van der Waals surface area contributed by atoms with Gasteiger partial charge in [-0.15, -0.1) is 0 Å². The topological polar surface area (TPSA) is 111 Å². The molecule has 37 heavy (non-hydrogen) atoms. The number of anilines is 2. The van der Waals surface area contributed by atoms with E-state index < -0.39 is 23.4 Å². The molecule has 3 aliphatic rings. The molecule has 2 aromatic rings. The van der Waals surface area contributed by atoms with Gasteiger partial charge in [0.1, 0.15) is 23.5 Å². The van der Waals surface area contributed by atoms with Gasteiger partial charge in [-0.05, 0) is 61.9 Å². The Bertz CT molecular complexity index is 1180. The molecule has 2 fully saturated rings. The quantitative estimate of drug-likeness (QED) is 0.535. The van der Waals surface area contributed by atoms with Crippen LogP contribution in [0.15, 0.2) is 65.9 Å². The minimum atomic E-state index is -1.06. The van der Waals surface area contributed by atoms with E-state index in [1.54, 1.807) is 4.90 Å². The molecule has 5 rings (SSSR count). The van der Waals surface area contributed by atoms with E-state index in [1.807, 2.05) is 54.6 Å². The van der Waals surface area contributed by atoms with Crippen molar-refractivity contribution < 1.29 is 24.2 Å².